The number of fused-ring (bicyclic) bond motifs is 1. The average molecular weight is 321 g/mol. The summed E-state index contributed by atoms with van der Waals surface area (Å²) in [6.45, 7) is 0.257. The Morgan fingerprint density at radius 2 is 2.26 bits per heavy atom. The molecule has 0 radical (unpaired) electrons. The summed E-state index contributed by atoms with van der Waals surface area (Å²) in [5.41, 5.74) is 2.38. The van der Waals surface area contributed by atoms with Crippen molar-refractivity contribution in [1.29, 1.82) is 0 Å². The fourth-order valence-corrected chi connectivity index (χ4v) is 2.15. The molecule has 1 aliphatic rings. The second kappa shape index (κ2) is 5.13. The van der Waals surface area contributed by atoms with Crippen LogP contribution in [0.25, 0.3) is 11.0 Å². The van der Waals surface area contributed by atoms with Crippen LogP contribution in [-0.2, 0) is 4.79 Å². The minimum absolute atomic E-state index is 0.0181. The van der Waals surface area contributed by atoms with Gasteiger partial charge in [0.15, 0.2) is 0 Å². The summed E-state index contributed by atoms with van der Waals surface area (Å²) in [6.07, 6.45) is 5.62. The van der Waals surface area contributed by atoms with E-state index in [0.717, 1.165) is 34.0 Å². The average Bonchev–Trinajstić information content (AvgIpc) is 3.19. The number of rotatable bonds is 4. The van der Waals surface area contributed by atoms with Crippen molar-refractivity contribution in [2.45, 2.75) is 18.9 Å². The zero-order chi connectivity index (χ0) is 13.2. The number of pyridine rings is 2. The van der Waals surface area contributed by atoms with E-state index in [-0.39, 0.29) is 12.5 Å². The SMILES string of the molecule is O=C(CNc1ccnc2cc(Br)cnc12)NC1CC1. The number of hydrogen-bond donors (Lipinski definition) is 2. The summed E-state index contributed by atoms with van der Waals surface area (Å²) in [4.78, 5) is 20.2. The first-order valence-corrected chi connectivity index (χ1v) is 6.95. The van der Waals surface area contributed by atoms with Crippen molar-refractivity contribution < 1.29 is 4.79 Å². The highest BCUT2D eigenvalue weighted by Gasteiger charge is 2.22. The van der Waals surface area contributed by atoms with Crippen LogP contribution in [0.15, 0.2) is 29.0 Å². The van der Waals surface area contributed by atoms with E-state index in [1.807, 2.05) is 12.1 Å². The van der Waals surface area contributed by atoms with Gasteiger partial charge >= 0.3 is 0 Å². The van der Waals surface area contributed by atoms with E-state index in [1.54, 1.807) is 12.4 Å². The topological polar surface area (TPSA) is 66.9 Å². The first-order valence-electron chi connectivity index (χ1n) is 6.16. The van der Waals surface area contributed by atoms with Crippen molar-refractivity contribution in [2.24, 2.45) is 0 Å². The molecule has 1 fully saturated rings. The van der Waals surface area contributed by atoms with Gasteiger partial charge in [-0.15, -0.1) is 0 Å². The largest absolute Gasteiger partial charge is 0.374 e. The lowest BCUT2D eigenvalue weighted by Crippen LogP contribution is -2.31. The summed E-state index contributed by atoms with van der Waals surface area (Å²) in [5.74, 6) is 0.0181. The van der Waals surface area contributed by atoms with Crippen LogP contribution in [0, 0.1) is 0 Å². The van der Waals surface area contributed by atoms with Gasteiger partial charge in [-0.1, -0.05) is 0 Å². The number of halogens is 1. The fourth-order valence-electron chi connectivity index (χ4n) is 1.83. The molecule has 5 nitrogen and oxygen atoms in total. The van der Waals surface area contributed by atoms with Gasteiger partial charge in [-0.25, -0.2) is 0 Å². The molecule has 1 amide bonds. The van der Waals surface area contributed by atoms with Gasteiger partial charge < -0.3 is 10.6 Å². The van der Waals surface area contributed by atoms with Crippen LogP contribution in [0.4, 0.5) is 5.69 Å². The van der Waals surface area contributed by atoms with Crippen LogP contribution in [-0.4, -0.2) is 28.5 Å². The molecule has 0 spiro atoms. The van der Waals surface area contributed by atoms with E-state index in [4.69, 9.17) is 0 Å². The van der Waals surface area contributed by atoms with Gasteiger partial charge in [-0.3, -0.25) is 14.8 Å². The lowest BCUT2D eigenvalue weighted by atomic mass is 10.3. The minimum Gasteiger partial charge on any atom is -0.374 e. The van der Waals surface area contributed by atoms with E-state index < -0.39 is 0 Å². The fraction of sp³-hybridized carbons (Fsp3) is 0.308. The monoisotopic (exact) mass is 320 g/mol. The number of amides is 1. The van der Waals surface area contributed by atoms with E-state index in [0.29, 0.717) is 6.04 Å². The predicted octanol–water partition coefficient (Wildman–Crippen LogP) is 2.08. The minimum atomic E-state index is 0.0181. The highest BCUT2D eigenvalue weighted by molar-refractivity contribution is 9.10. The molecule has 2 heterocycles. The van der Waals surface area contributed by atoms with Crippen molar-refractivity contribution in [1.82, 2.24) is 15.3 Å². The first kappa shape index (κ1) is 12.3. The van der Waals surface area contributed by atoms with Gasteiger partial charge in [0, 0.05) is 22.9 Å². The molecule has 0 atom stereocenters. The van der Waals surface area contributed by atoms with Crippen LogP contribution in [0.2, 0.25) is 0 Å². The number of nitrogens with one attached hydrogen (secondary N) is 2. The smallest absolute Gasteiger partial charge is 0.239 e. The summed E-state index contributed by atoms with van der Waals surface area (Å²) >= 11 is 3.37. The van der Waals surface area contributed by atoms with Crippen LogP contribution in [0.5, 0.6) is 0 Å². The Kier molecular flexibility index (Phi) is 3.33. The van der Waals surface area contributed by atoms with E-state index in [9.17, 15) is 4.79 Å². The molecule has 0 aliphatic heterocycles. The van der Waals surface area contributed by atoms with Gasteiger partial charge in [0.25, 0.3) is 0 Å². The molecule has 0 bridgehead atoms. The molecule has 3 rings (SSSR count). The molecule has 0 saturated heterocycles. The van der Waals surface area contributed by atoms with Crippen LogP contribution in [0.3, 0.4) is 0 Å². The third-order valence-corrected chi connectivity index (χ3v) is 3.36. The van der Waals surface area contributed by atoms with E-state index >= 15 is 0 Å². The Balaban J connectivity index is 1.74. The second-order valence-electron chi connectivity index (χ2n) is 4.58. The highest BCUT2D eigenvalue weighted by atomic mass is 79.9. The number of hydrogen-bond acceptors (Lipinski definition) is 4. The van der Waals surface area contributed by atoms with Crippen molar-refractivity contribution >= 4 is 38.6 Å². The Morgan fingerprint density at radius 3 is 3.05 bits per heavy atom. The highest BCUT2D eigenvalue weighted by Crippen LogP contribution is 2.22. The van der Waals surface area contributed by atoms with Crippen LogP contribution in [0.1, 0.15) is 12.8 Å². The number of aromatic nitrogens is 2. The standard InChI is InChI=1S/C13H13BrN4O/c14-8-5-11-13(17-6-8)10(3-4-15-11)16-7-12(19)18-9-1-2-9/h3-6,9H,1-2,7H2,(H,15,16)(H,18,19). The van der Waals surface area contributed by atoms with Gasteiger partial charge in [-0.2, -0.15) is 0 Å². The molecular formula is C13H13BrN4O. The van der Waals surface area contributed by atoms with Gasteiger partial charge in [0.2, 0.25) is 5.91 Å². The summed E-state index contributed by atoms with van der Waals surface area (Å²) in [6, 6.07) is 4.11. The van der Waals surface area contributed by atoms with Gasteiger partial charge in [0.05, 0.1) is 17.7 Å². The molecule has 1 aliphatic carbocycles. The lowest BCUT2D eigenvalue weighted by Gasteiger charge is -2.09. The first-order chi connectivity index (χ1) is 9.22. The Labute approximate surface area is 119 Å². The third-order valence-electron chi connectivity index (χ3n) is 2.93. The second-order valence-corrected chi connectivity index (χ2v) is 5.49. The predicted molar refractivity (Wildman–Crippen MR) is 76.9 cm³/mol. The molecule has 2 N–H and O–H groups in total. The Bertz CT molecular complexity index is 627. The van der Waals surface area contributed by atoms with Crippen LogP contribution >= 0.6 is 15.9 Å². The van der Waals surface area contributed by atoms with Gasteiger partial charge in [-0.05, 0) is 40.9 Å². The number of nitrogens with zero attached hydrogens (tertiary/aromatic N) is 2. The maximum Gasteiger partial charge on any atom is 0.239 e. The summed E-state index contributed by atoms with van der Waals surface area (Å²) < 4.78 is 0.885. The molecule has 6 heteroatoms. The number of carbonyl (C=O) groups excluding carboxylic acids is 1. The molecule has 19 heavy (non-hydrogen) atoms. The molecule has 0 aromatic carbocycles. The van der Waals surface area contributed by atoms with Crippen LogP contribution < -0.4 is 10.6 Å². The lowest BCUT2D eigenvalue weighted by molar-refractivity contribution is -0.119. The zero-order valence-corrected chi connectivity index (χ0v) is 11.8. The molecule has 1 saturated carbocycles. The van der Waals surface area contributed by atoms with E-state index in [1.165, 1.54) is 0 Å². The van der Waals surface area contributed by atoms with Crippen molar-refractivity contribution in [2.75, 3.05) is 11.9 Å². The van der Waals surface area contributed by atoms with Crippen molar-refractivity contribution in [3.63, 3.8) is 0 Å². The zero-order valence-electron chi connectivity index (χ0n) is 10.2. The van der Waals surface area contributed by atoms with Crippen molar-refractivity contribution in [3.05, 3.63) is 29.0 Å². The molecular weight excluding hydrogens is 308 g/mol. The maximum atomic E-state index is 11.6. The Morgan fingerprint density at radius 1 is 1.42 bits per heavy atom. The van der Waals surface area contributed by atoms with Crippen molar-refractivity contribution in [3.8, 4) is 0 Å². The number of anilines is 1. The normalized spacial score (nSPS) is 14.4. The molecule has 2 aromatic rings. The molecule has 98 valence electrons. The summed E-state index contributed by atoms with van der Waals surface area (Å²) in [5, 5.41) is 6.05. The van der Waals surface area contributed by atoms with E-state index in [2.05, 4.69) is 36.5 Å². The molecule has 0 unspecified atom stereocenters. The quantitative estimate of drug-likeness (QED) is 0.905. The number of carbonyl (C=O) groups is 1. The maximum absolute atomic E-state index is 11.6. The summed E-state index contributed by atoms with van der Waals surface area (Å²) in [7, 11) is 0. The third kappa shape index (κ3) is 3.01. The van der Waals surface area contributed by atoms with Gasteiger partial charge in [0.1, 0.15) is 5.52 Å². The molecule has 2 aromatic heterocycles. The Hall–Kier alpha value is -1.69.